The second-order valence-electron chi connectivity index (χ2n) is 10.9. The fourth-order valence-corrected chi connectivity index (χ4v) is 4.87. The summed E-state index contributed by atoms with van der Waals surface area (Å²) in [6.07, 6.45) is 3.43. The van der Waals surface area contributed by atoms with Crippen LogP contribution in [0.1, 0.15) is 72.6 Å². The fourth-order valence-electron chi connectivity index (χ4n) is 4.87. The van der Waals surface area contributed by atoms with E-state index in [0.717, 1.165) is 30.4 Å². The molecule has 0 saturated carbocycles. The molecule has 1 heterocycles. The number of hydrogen-bond donors (Lipinski definition) is 2. The SMILES string of the molecule is CCCCC(C)OC(=O)[C@@H](NCCCOc1ccc(-n2c(N)c(C(=O)c3ccc(C)cc3)ccc2=O)cc1)c1ccccc1. The minimum Gasteiger partial charge on any atom is -0.494 e. The molecule has 8 heteroatoms. The van der Waals surface area contributed by atoms with Crippen molar-refractivity contribution in [2.45, 2.75) is 58.6 Å². The highest BCUT2D eigenvalue weighted by Gasteiger charge is 2.23. The number of nitrogens with one attached hydrogen (secondary N) is 1. The van der Waals surface area contributed by atoms with Crippen LogP contribution in [0.4, 0.5) is 5.82 Å². The summed E-state index contributed by atoms with van der Waals surface area (Å²) in [6.45, 7) is 6.96. The van der Waals surface area contributed by atoms with Gasteiger partial charge in [-0.1, -0.05) is 79.9 Å². The number of unbranched alkanes of at least 4 members (excludes halogenated alkanes) is 1. The zero-order valence-electron chi connectivity index (χ0n) is 25.6. The Morgan fingerprint density at radius 1 is 0.909 bits per heavy atom. The van der Waals surface area contributed by atoms with E-state index in [1.807, 2.05) is 56.3 Å². The number of benzene rings is 3. The molecule has 8 nitrogen and oxygen atoms in total. The van der Waals surface area contributed by atoms with Crippen LogP contribution in [0.15, 0.2) is 95.8 Å². The van der Waals surface area contributed by atoms with Crippen LogP contribution in [0.5, 0.6) is 5.75 Å². The van der Waals surface area contributed by atoms with Gasteiger partial charge in [-0.15, -0.1) is 0 Å². The molecule has 230 valence electrons. The lowest BCUT2D eigenvalue weighted by Crippen LogP contribution is -2.33. The smallest absolute Gasteiger partial charge is 0.328 e. The molecule has 3 N–H and O–H groups in total. The molecule has 0 amide bonds. The number of anilines is 1. The zero-order chi connectivity index (χ0) is 31.5. The summed E-state index contributed by atoms with van der Waals surface area (Å²) >= 11 is 0. The largest absolute Gasteiger partial charge is 0.494 e. The second kappa shape index (κ2) is 15.7. The first-order valence-corrected chi connectivity index (χ1v) is 15.1. The van der Waals surface area contributed by atoms with Crippen molar-refractivity contribution in [3.8, 4) is 11.4 Å². The molecule has 0 aliphatic heterocycles. The van der Waals surface area contributed by atoms with Gasteiger partial charge in [-0.2, -0.15) is 0 Å². The predicted octanol–water partition coefficient (Wildman–Crippen LogP) is 6.18. The Balaban J connectivity index is 1.35. The van der Waals surface area contributed by atoms with Gasteiger partial charge in [-0.05, 0) is 69.1 Å². The monoisotopic (exact) mass is 595 g/mol. The number of ether oxygens (including phenoxy) is 2. The molecule has 1 aromatic heterocycles. The van der Waals surface area contributed by atoms with E-state index in [2.05, 4.69) is 12.2 Å². The van der Waals surface area contributed by atoms with E-state index >= 15 is 0 Å². The summed E-state index contributed by atoms with van der Waals surface area (Å²) in [5.74, 6) is 0.166. The van der Waals surface area contributed by atoms with Gasteiger partial charge in [0.1, 0.15) is 17.6 Å². The molecule has 4 rings (SSSR count). The van der Waals surface area contributed by atoms with Gasteiger partial charge in [0.15, 0.2) is 5.78 Å². The Kier molecular flexibility index (Phi) is 11.5. The highest BCUT2D eigenvalue weighted by molar-refractivity contribution is 6.11. The second-order valence-corrected chi connectivity index (χ2v) is 10.9. The minimum atomic E-state index is -0.558. The molecule has 0 spiro atoms. The van der Waals surface area contributed by atoms with Crippen LogP contribution in [0.2, 0.25) is 0 Å². The molecule has 0 radical (unpaired) electrons. The third-order valence-electron chi connectivity index (χ3n) is 7.37. The van der Waals surface area contributed by atoms with E-state index in [0.29, 0.717) is 36.6 Å². The number of aromatic nitrogens is 1. The number of pyridine rings is 1. The summed E-state index contributed by atoms with van der Waals surface area (Å²) in [7, 11) is 0. The highest BCUT2D eigenvalue weighted by Crippen LogP contribution is 2.22. The summed E-state index contributed by atoms with van der Waals surface area (Å²) in [5.41, 5.74) is 9.19. The van der Waals surface area contributed by atoms with Crippen molar-refractivity contribution in [3.63, 3.8) is 0 Å². The van der Waals surface area contributed by atoms with Crippen LogP contribution < -0.4 is 21.3 Å². The van der Waals surface area contributed by atoms with Crippen molar-refractivity contribution in [3.05, 3.63) is 124 Å². The third kappa shape index (κ3) is 8.45. The number of aryl methyl sites for hydroxylation is 1. The van der Waals surface area contributed by atoms with Crippen LogP contribution >= 0.6 is 0 Å². The lowest BCUT2D eigenvalue weighted by Gasteiger charge is -2.21. The molecular weight excluding hydrogens is 554 g/mol. The van der Waals surface area contributed by atoms with E-state index in [9.17, 15) is 14.4 Å². The molecule has 0 saturated heterocycles. The molecule has 4 aromatic rings. The average molecular weight is 596 g/mol. The van der Waals surface area contributed by atoms with Gasteiger partial charge in [0.25, 0.3) is 5.56 Å². The van der Waals surface area contributed by atoms with Crippen molar-refractivity contribution in [1.82, 2.24) is 9.88 Å². The number of nitrogen functional groups attached to an aromatic ring is 1. The Labute approximate surface area is 258 Å². The Morgan fingerprint density at radius 3 is 2.30 bits per heavy atom. The number of esters is 1. The number of hydrogen-bond acceptors (Lipinski definition) is 7. The number of nitrogens with zero attached hydrogens (tertiary/aromatic N) is 1. The van der Waals surface area contributed by atoms with Crippen molar-refractivity contribution >= 4 is 17.6 Å². The number of carbonyl (C=O) groups is 2. The summed E-state index contributed by atoms with van der Waals surface area (Å²) in [4.78, 5) is 38.8. The van der Waals surface area contributed by atoms with Gasteiger partial charge in [-0.3, -0.25) is 14.2 Å². The highest BCUT2D eigenvalue weighted by atomic mass is 16.5. The van der Waals surface area contributed by atoms with E-state index in [1.54, 1.807) is 36.4 Å². The maximum absolute atomic E-state index is 13.1. The summed E-state index contributed by atoms with van der Waals surface area (Å²) in [6, 6.07) is 26.0. The van der Waals surface area contributed by atoms with Crippen LogP contribution in [0.25, 0.3) is 5.69 Å². The normalized spacial score (nSPS) is 12.3. The number of nitrogens with two attached hydrogens (primary N) is 1. The molecule has 0 bridgehead atoms. The lowest BCUT2D eigenvalue weighted by atomic mass is 10.0. The topological polar surface area (TPSA) is 113 Å². The van der Waals surface area contributed by atoms with Crippen molar-refractivity contribution in [2.75, 3.05) is 18.9 Å². The number of rotatable bonds is 15. The van der Waals surface area contributed by atoms with E-state index < -0.39 is 6.04 Å². The zero-order valence-corrected chi connectivity index (χ0v) is 25.6. The average Bonchev–Trinajstić information content (AvgIpc) is 3.03. The van der Waals surface area contributed by atoms with Crippen molar-refractivity contribution in [2.24, 2.45) is 0 Å². The van der Waals surface area contributed by atoms with Gasteiger partial charge >= 0.3 is 5.97 Å². The van der Waals surface area contributed by atoms with Gasteiger partial charge in [0, 0.05) is 11.6 Å². The van der Waals surface area contributed by atoms with E-state index in [-0.39, 0.29) is 34.8 Å². The molecule has 3 aromatic carbocycles. The Morgan fingerprint density at radius 2 is 1.61 bits per heavy atom. The Hall–Kier alpha value is -4.69. The third-order valence-corrected chi connectivity index (χ3v) is 7.37. The molecule has 0 aliphatic rings. The van der Waals surface area contributed by atoms with Gasteiger partial charge in [0.2, 0.25) is 0 Å². The number of ketones is 1. The van der Waals surface area contributed by atoms with E-state index in [4.69, 9.17) is 15.2 Å². The molecule has 0 aliphatic carbocycles. The standard InChI is InChI=1S/C36H41N3O5/c1-4-5-10-26(3)44-36(42)33(27-11-7-6-8-12-27)38-23-9-24-43-30-19-17-29(18-20-30)39-32(40)22-21-31(35(39)37)34(41)28-15-13-25(2)14-16-28/h6-8,11-22,26,33,38H,4-5,9-10,23-24,37H2,1-3H3/t26?,33-/m0/s1. The first kappa shape index (κ1) is 32.2. The molecule has 1 unspecified atom stereocenters. The Bertz CT molecular complexity index is 1580. The first-order valence-electron chi connectivity index (χ1n) is 15.1. The maximum Gasteiger partial charge on any atom is 0.328 e. The lowest BCUT2D eigenvalue weighted by molar-refractivity contribution is -0.151. The molecule has 0 fully saturated rings. The fraction of sp³-hybridized carbons (Fsp3) is 0.306. The van der Waals surface area contributed by atoms with Crippen LogP contribution in [0.3, 0.4) is 0 Å². The molecule has 2 atom stereocenters. The van der Waals surface area contributed by atoms with Crippen molar-refractivity contribution < 1.29 is 19.1 Å². The molecule has 44 heavy (non-hydrogen) atoms. The predicted molar refractivity (Wildman–Crippen MR) is 173 cm³/mol. The van der Waals surface area contributed by atoms with Crippen LogP contribution in [-0.2, 0) is 9.53 Å². The van der Waals surface area contributed by atoms with Crippen LogP contribution in [0, 0.1) is 6.92 Å². The molecular formula is C36H41N3O5. The van der Waals surface area contributed by atoms with Gasteiger partial charge in [0.05, 0.1) is 24.0 Å². The first-order chi connectivity index (χ1) is 21.3. The maximum atomic E-state index is 13.1. The van der Waals surface area contributed by atoms with Crippen molar-refractivity contribution in [1.29, 1.82) is 0 Å². The van der Waals surface area contributed by atoms with E-state index in [1.165, 1.54) is 16.7 Å². The van der Waals surface area contributed by atoms with Gasteiger partial charge < -0.3 is 20.5 Å². The quantitative estimate of drug-likeness (QED) is 0.0959. The van der Waals surface area contributed by atoms with Gasteiger partial charge in [-0.25, -0.2) is 4.79 Å². The minimum absolute atomic E-state index is 0.0778. The number of carbonyl (C=O) groups excluding carboxylic acids is 2. The van der Waals surface area contributed by atoms with Crippen LogP contribution in [-0.4, -0.2) is 35.6 Å². The summed E-state index contributed by atoms with van der Waals surface area (Å²) in [5, 5.41) is 3.32. The summed E-state index contributed by atoms with van der Waals surface area (Å²) < 4.78 is 13.0.